The van der Waals surface area contributed by atoms with Crippen LogP contribution < -0.4 is 5.32 Å². The summed E-state index contributed by atoms with van der Waals surface area (Å²) in [6.07, 6.45) is 0.892. The summed E-state index contributed by atoms with van der Waals surface area (Å²) in [5, 5.41) is 2.81. The normalized spacial score (nSPS) is 11.2. The summed E-state index contributed by atoms with van der Waals surface area (Å²) in [4.78, 5) is 10.7. The summed E-state index contributed by atoms with van der Waals surface area (Å²) in [7, 11) is 0. The van der Waals surface area contributed by atoms with Crippen molar-refractivity contribution in [2.24, 2.45) is 0 Å². The Morgan fingerprint density at radius 1 is 1.31 bits per heavy atom. The van der Waals surface area contributed by atoms with E-state index in [1.54, 1.807) is 6.92 Å². The third-order valence-corrected chi connectivity index (χ3v) is 2.58. The molecule has 1 rings (SSSR count). The predicted octanol–water partition coefficient (Wildman–Crippen LogP) is 2.66. The molecule has 0 spiro atoms. The van der Waals surface area contributed by atoms with Crippen LogP contribution in [0, 0.1) is 0 Å². The van der Waals surface area contributed by atoms with E-state index in [-0.39, 0.29) is 11.3 Å². The summed E-state index contributed by atoms with van der Waals surface area (Å²) in [6.45, 7) is 8.88. The number of rotatable bonds is 3. The van der Waals surface area contributed by atoms with E-state index in [1.165, 1.54) is 11.1 Å². The Bertz CT molecular complexity index is 363. The molecule has 0 aliphatic heterocycles. The van der Waals surface area contributed by atoms with Gasteiger partial charge in [0.05, 0.1) is 0 Å². The van der Waals surface area contributed by atoms with Crippen LogP contribution in [0.4, 0.5) is 0 Å². The average Bonchev–Trinajstić information content (AvgIpc) is 2.16. The van der Waals surface area contributed by atoms with E-state index in [0.717, 1.165) is 6.42 Å². The SMILES string of the molecule is CC(=O)NCCc1cccc(C(C)(C)C)c1. The maximum atomic E-state index is 10.7. The Balaban J connectivity index is 2.64. The molecule has 0 radical (unpaired) electrons. The van der Waals surface area contributed by atoms with Crippen LogP contribution in [-0.2, 0) is 16.6 Å². The molecule has 0 aliphatic rings. The van der Waals surface area contributed by atoms with Gasteiger partial charge in [-0.25, -0.2) is 0 Å². The highest BCUT2D eigenvalue weighted by Crippen LogP contribution is 2.22. The van der Waals surface area contributed by atoms with Crippen molar-refractivity contribution in [3.8, 4) is 0 Å². The highest BCUT2D eigenvalue weighted by Gasteiger charge is 2.13. The first-order valence-electron chi connectivity index (χ1n) is 5.73. The van der Waals surface area contributed by atoms with Crippen molar-refractivity contribution in [1.29, 1.82) is 0 Å². The van der Waals surface area contributed by atoms with Crippen molar-refractivity contribution >= 4 is 5.91 Å². The van der Waals surface area contributed by atoms with Gasteiger partial charge in [0, 0.05) is 13.5 Å². The van der Waals surface area contributed by atoms with Gasteiger partial charge >= 0.3 is 0 Å². The van der Waals surface area contributed by atoms with Gasteiger partial charge in [-0.2, -0.15) is 0 Å². The van der Waals surface area contributed by atoms with E-state index in [4.69, 9.17) is 0 Å². The highest BCUT2D eigenvalue weighted by molar-refractivity contribution is 5.72. The maximum Gasteiger partial charge on any atom is 0.216 e. The molecule has 0 unspecified atom stereocenters. The quantitative estimate of drug-likeness (QED) is 0.832. The first-order chi connectivity index (χ1) is 7.39. The summed E-state index contributed by atoms with van der Waals surface area (Å²) in [6, 6.07) is 8.57. The van der Waals surface area contributed by atoms with Crippen LogP contribution >= 0.6 is 0 Å². The van der Waals surface area contributed by atoms with Gasteiger partial charge in [-0.1, -0.05) is 45.0 Å². The van der Waals surface area contributed by atoms with Crippen molar-refractivity contribution in [3.63, 3.8) is 0 Å². The predicted molar refractivity (Wildman–Crippen MR) is 67.5 cm³/mol. The third-order valence-electron chi connectivity index (χ3n) is 2.58. The van der Waals surface area contributed by atoms with E-state index in [1.807, 2.05) is 0 Å². The number of carbonyl (C=O) groups excluding carboxylic acids is 1. The zero-order valence-corrected chi connectivity index (χ0v) is 10.6. The molecular formula is C14H21NO. The van der Waals surface area contributed by atoms with Crippen LogP contribution in [0.15, 0.2) is 24.3 Å². The monoisotopic (exact) mass is 219 g/mol. The smallest absolute Gasteiger partial charge is 0.216 e. The van der Waals surface area contributed by atoms with Crippen LogP contribution in [0.5, 0.6) is 0 Å². The lowest BCUT2D eigenvalue weighted by Crippen LogP contribution is -2.22. The number of hydrogen-bond donors (Lipinski definition) is 1. The number of amides is 1. The molecule has 1 N–H and O–H groups in total. The Morgan fingerprint density at radius 3 is 2.56 bits per heavy atom. The second kappa shape index (κ2) is 5.15. The molecule has 0 bridgehead atoms. The summed E-state index contributed by atoms with van der Waals surface area (Å²) >= 11 is 0. The average molecular weight is 219 g/mol. The van der Waals surface area contributed by atoms with Gasteiger partial charge in [-0.15, -0.1) is 0 Å². The molecule has 0 fully saturated rings. The zero-order valence-electron chi connectivity index (χ0n) is 10.6. The summed E-state index contributed by atoms with van der Waals surface area (Å²) in [5.41, 5.74) is 2.80. The van der Waals surface area contributed by atoms with E-state index in [0.29, 0.717) is 6.54 Å². The van der Waals surface area contributed by atoms with Crippen molar-refractivity contribution in [2.75, 3.05) is 6.54 Å². The Morgan fingerprint density at radius 2 is 2.00 bits per heavy atom. The molecule has 1 aromatic carbocycles. The zero-order chi connectivity index (χ0) is 12.2. The molecule has 0 aliphatic carbocycles. The van der Waals surface area contributed by atoms with E-state index in [9.17, 15) is 4.79 Å². The van der Waals surface area contributed by atoms with Crippen LogP contribution in [-0.4, -0.2) is 12.5 Å². The third kappa shape index (κ3) is 4.05. The molecule has 1 amide bonds. The van der Waals surface area contributed by atoms with Gasteiger partial charge < -0.3 is 5.32 Å². The van der Waals surface area contributed by atoms with E-state index >= 15 is 0 Å². The molecule has 2 nitrogen and oxygen atoms in total. The number of benzene rings is 1. The molecule has 0 heterocycles. The van der Waals surface area contributed by atoms with Gasteiger partial charge in [0.25, 0.3) is 0 Å². The first-order valence-corrected chi connectivity index (χ1v) is 5.73. The van der Waals surface area contributed by atoms with Gasteiger partial charge in [-0.3, -0.25) is 4.79 Å². The molecule has 0 saturated heterocycles. The van der Waals surface area contributed by atoms with Gasteiger partial charge in [0.15, 0.2) is 0 Å². The molecule has 1 aromatic rings. The van der Waals surface area contributed by atoms with Gasteiger partial charge in [-0.05, 0) is 23.0 Å². The van der Waals surface area contributed by atoms with E-state index < -0.39 is 0 Å². The minimum absolute atomic E-state index is 0.0342. The van der Waals surface area contributed by atoms with Gasteiger partial charge in [0.2, 0.25) is 5.91 Å². The van der Waals surface area contributed by atoms with Crippen LogP contribution in [0.25, 0.3) is 0 Å². The largest absolute Gasteiger partial charge is 0.356 e. The van der Waals surface area contributed by atoms with Gasteiger partial charge in [0.1, 0.15) is 0 Å². The first kappa shape index (κ1) is 12.8. The van der Waals surface area contributed by atoms with E-state index in [2.05, 4.69) is 50.4 Å². The molecule has 16 heavy (non-hydrogen) atoms. The summed E-state index contributed by atoms with van der Waals surface area (Å²) in [5.74, 6) is 0.0342. The number of hydrogen-bond acceptors (Lipinski definition) is 1. The highest BCUT2D eigenvalue weighted by atomic mass is 16.1. The molecule has 88 valence electrons. The Hall–Kier alpha value is -1.31. The lowest BCUT2D eigenvalue weighted by atomic mass is 9.86. The fraction of sp³-hybridized carbons (Fsp3) is 0.500. The second-order valence-electron chi connectivity index (χ2n) is 5.18. The second-order valence-corrected chi connectivity index (χ2v) is 5.18. The van der Waals surface area contributed by atoms with Crippen LogP contribution in [0.2, 0.25) is 0 Å². The lowest BCUT2D eigenvalue weighted by molar-refractivity contribution is -0.118. The van der Waals surface area contributed by atoms with Crippen molar-refractivity contribution in [1.82, 2.24) is 5.32 Å². The minimum atomic E-state index is 0.0342. The lowest BCUT2D eigenvalue weighted by Gasteiger charge is -2.19. The fourth-order valence-corrected chi connectivity index (χ4v) is 1.58. The minimum Gasteiger partial charge on any atom is -0.356 e. The molecule has 0 aromatic heterocycles. The number of nitrogens with one attached hydrogen (secondary N) is 1. The number of carbonyl (C=O) groups is 1. The van der Waals surface area contributed by atoms with Crippen molar-refractivity contribution in [2.45, 2.75) is 39.5 Å². The van der Waals surface area contributed by atoms with Crippen molar-refractivity contribution in [3.05, 3.63) is 35.4 Å². The molecule has 0 saturated carbocycles. The summed E-state index contributed by atoms with van der Waals surface area (Å²) < 4.78 is 0. The molecular weight excluding hydrogens is 198 g/mol. The maximum absolute atomic E-state index is 10.7. The van der Waals surface area contributed by atoms with Crippen LogP contribution in [0.1, 0.15) is 38.8 Å². The molecule has 2 heteroatoms. The Kier molecular flexibility index (Phi) is 4.11. The fourth-order valence-electron chi connectivity index (χ4n) is 1.58. The van der Waals surface area contributed by atoms with Crippen molar-refractivity contribution < 1.29 is 4.79 Å². The Labute approximate surface area is 98.1 Å². The standard InChI is InChI=1S/C14H21NO/c1-11(16)15-9-8-12-6-5-7-13(10-12)14(2,3)4/h5-7,10H,8-9H2,1-4H3,(H,15,16). The van der Waals surface area contributed by atoms with Crippen LogP contribution in [0.3, 0.4) is 0 Å². The topological polar surface area (TPSA) is 29.1 Å². The molecule has 0 atom stereocenters.